The highest BCUT2D eigenvalue weighted by atomic mass is 35.5. The number of anilines is 1. The molecule has 20 heavy (non-hydrogen) atoms. The average Bonchev–Trinajstić information content (AvgIpc) is 2.90. The topological polar surface area (TPSA) is 77.6 Å². The van der Waals surface area contributed by atoms with Gasteiger partial charge in [0.2, 0.25) is 0 Å². The number of hydrogen-bond acceptors (Lipinski definition) is 5. The van der Waals surface area contributed by atoms with Crippen molar-refractivity contribution in [1.82, 2.24) is 24.8 Å². The van der Waals surface area contributed by atoms with E-state index in [4.69, 9.17) is 11.6 Å². The van der Waals surface area contributed by atoms with E-state index < -0.39 is 0 Å². The van der Waals surface area contributed by atoms with E-state index in [1.807, 2.05) is 13.8 Å². The lowest BCUT2D eigenvalue weighted by Crippen LogP contribution is -2.26. The largest absolute Gasteiger partial charge is 0.381 e. The van der Waals surface area contributed by atoms with Crippen LogP contribution in [0.3, 0.4) is 0 Å². The molecule has 0 atom stereocenters. The number of halogens is 1. The third-order valence-corrected chi connectivity index (χ3v) is 3.02. The van der Waals surface area contributed by atoms with Crippen LogP contribution in [0.2, 0.25) is 5.02 Å². The third-order valence-electron chi connectivity index (χ3n) is 2.65. The first kappa shape index (κ1) is 14.5. The lowest BCUT2D eigenvalue weighted by molar-refractivity contribution is 0.464. The van der Waals surface area contributed by atoms with Crippen LogP contribution in [0.5, 0.6) is 0 Å². The normalized spacial score (nSPS) is 11.0. The van der Waals surface area contributed by atoms with Gasteiger partial charge in [-0.3, -0.25) is 9.48 Å². The van der Waals surface area contributed by atoms with Crippen molar-refractivity contribution in [2.75, 3.05) is 11.9 Å². The molecule has 0 fully saturated rings. The molecule has 0 aromatic carbocycles. The molecule has 1 N–H and O–H groups in total. The van der Waals surface area contributed by atoms with Crippen molar-refractivity contribution in [1.29, 1.82) is 0 Å². The van der Waals surface area contributed by atoms with Crippen LogP contribution in [0.1, 0.15) is 13.8 Å². The summed E-state index contributed by atoms with van der Waals surface area (Å²) in [4.78, 5) is 12.0. The third kappa shape index (κ3) is 3.57. The average molecular weight is 297 g/mol. The first-order chi connectivity index (χ1) is 9.58. The molecule has 0 aliphatic heterocycles. The van der Waals surface area contributed by atoms with Gasteiger partial charge in [0.25, 0.3) is 5.56 Å². The lowest BCUT2D eigenvalue weighted by Gasteiger charge is -2.11. The summed E-state index contributed by atoms with van der Waals surface area (Å²) in [5, 5.41) is 14.9. The fourth-order valence-corrected chi connectivity index (χ4v) is 1.93. The summed E-state index contributed by atoms with van der Waals surface area (Å²) < 4.78 is 3.07. The Balaban J connectivity index is 2.02. The summed E-state index contributed by atoms with van der Waals surface area (Å²) in [7, 11) is 0. The van der Waals surface area contributed by atoms with Gasteiger partial charge >= 0.3 is 0 Å². The molecular formula is C12H17ClN6O. The smallest absolute Gasteiger partial charge is 0.287 e. The molecule has 2 aromatic heterocycles. The maximum atomic E-state index is 12.0. The zero-order chi connectivity index (χ0) is 14.5. The zero-order valence-corrected chi connectivity index (χ0v) is 12.2. The van der Waals surface area contributed by atoms with E-state index in [0.717, 1.165) is 0 Å². The van der Waals surface area contributed by atoms with Gasteiger partial charge in [-0.1, -0.05) is 30.7 Å². The van der Waals surface area contributed by atoms with Crippen LogP contribution in [0.4, 0.5) is 5.69 Å². The van der Waals surface area contributed by atoms with Crippen LogP contribution in [-0.4, -0.2) is 31.3 Å². The summed E-state index contributed by atoms with van der Waals surface area (Å²) in [6.07, 6.45) is 4.96. The zero-order valence-electron chi connectivity index (χ0n) is 11.5. The molecule has 0 saturated heterocycles. The minimum Gasteiger partial charge on any atom is -0.381 e. The molecule has 0 aliphatic rings. The summed E-state index contributed by atoms with van der Waals surface area (Å²) in [5.41, 5.74) is 0.267. The molecule has 108 valence electrons. The van der Waals surface area contributed by atoms with Crippen LogP contribution in [0.15, 0.2) is 23.4 Å². The van der Waals surface area contributed by atoms with E-state index >= 15 is 0 Å². The quantitative estimate of drug-likeness (QED) is 0.868. The van der Waals surface area contributed by atoms with Gasteiger partial charge in [-0.2, -0.15) is 5.10 Å². The molecule has 0 bridgehead atoms. The standard InChI is InChI=1S/C12H17ClN6O/c1-9(2)8-19-12(20)11(13)10(7-16-19)14-3-5-18-6-4-15-17-18/h4,6-7,9,14H,3,5,8H2,1-2H3. The van der Waals surface area contributed by atoms with Gasteiger partial charge < -0.3 is 5.32 Å². The Bertz CT molecular complexity index is 607. The van der Waals surface area contributed by atoms with E-state index in [2.05, 4.69) is 20.7 Å². The van der Waals surface area contributed by atoms with Crippen LogP contribution >= 0.6 is 11.6 Å². The van der Waals surface area contributed by atoms with Crippen molar-refractivity contribution < 1.29 is 0 Å². The highest BCUT2D eigenvalue weighted by Crippen LogP contribution is 2.15. The number of nitrogens with one attached hydrogen (secondary N) is 1. The molecule has 0 spiro atoms. The van der Waals surface area contributed by atoms with Gasteiger partial charge in [0.05, 0.1) is 24.6 Å². The second kappa shape index (κ2) is 6.51. The number of hydrogen-bond donors (Lipinski definition) is 1. The van der Waals surface area contributed by atoms with Gasteiger partial charge in [0, 0.05) is 19.3 Å². The summed E-state index contributed by atoms with van der Waals surface area (Å²) in [6, 6.07) is 0. The monoisotopic (exact) mass is 296 g/mol. The predicted molar refractivity (Wildman–Crippen MR) is 76.9 cm³/mol. The number of aromatic nitrogens is 5. The van der Waals surface area contributed by atoms with Crippen LogP contribution < -0.4 is 10.9 Å². The van der Waals surface area contributed by atoms with Gasteiger partial charge in [-0.25, -0.2) is 4.68 Å². The fraction of sp³-hybridized carbons (Fsp3) is 0.500. The lowest BCUT2D eigenvalue weighted by atomic mass is 10.2. The summed E-state index contributed by atoms with van der Waals surface area (Å²) >= 11 is 6.07. The van der Waals surface area contributed by atoms with Crippen molar-refractivity contribution in [2.24, 2.45) is 5.92 Å². The first-order valence-electron chi connectivity index (χ1n) is 6.41. The molecule has 0 saturated carbocycles. The van der Waals surface area contributed by atoms with Gasteiger partial charge in [0.15, 0.2) is 0 Å². The van der Waals surface area contributed by atoms with E-state index in [1.54, 1.807) is 23.3 Å². The minimum absolute atomic E-state index is 0.166. The molecule has 8 heteroatoms. The van der Waals surface area contributed by atoms with E-state index in [-0.39, 0.29) is 10.6 Å². The van der Waals surface area contributed by atoms with E-state index in [9.17, 15) is 4.79 Å². The Morgan fingerprint density at radius 2 is 2.25 bits per heavy atom. The SMILES string of the molecule is CC(C)Cn1ncc(NCCn2ccnn2)c(Cl)c1=O. The molecule has 2 heterocycles. The second-order valence-electron chi connectivity index (χ2n) is 4.85. The van der Waals surface area contributed by atoms with Gasteiger partial charge in [0.1, 0.15) is 5.02 Å². The maximum absolute atomic E-state index is 12.0. The van der Waals surface area contributed by atoms with E-state index in [0.29, 0.717) is 31.2 Å². The summed E-state index contributed by atoms with van der Waals surface area (Å²) in [6.45, 7) is 5.81. The Morgan fingerprint density at radius 3 is 2.90 bits per heavy atom. The highest BCUT2D eigenvalue weighted by Gasteiger charge is 2.09. The van der Waals surface area contributed by atoms with Crippen molar-refractivity contribution in [3.05, 3.63) is 34.0 Å². The second-order valence-corrected chi connectivity index (χ2v) is 5.22. The Kier molecular flexibility index (Phi) is 4.73. The fourth-order valence-electron chi connectivity index (χ4n) is 1.72. The first-order valence-corrected chi connectivity index (χ1v) is 6.79. The maximum Gasteiger partial charge on any atom is 0.287 e. The molecule has 0 aliphatic carbocycles. The summed E-state index contributed by atoms with van der Waals surface area (Å²) in [5.74, 6) is 0.336. The highest BCUT2D eigenvalue weighted by molar-refractivity contribution is 6.32. The van der Waals surface area contributed by atoms with E-state index in [1.165, 1.54) is 4.68 Å². The molecular weight excluding hydrogens is 280 g/mol. The van der Waals surface area contributed by atoms with Crippen molar-refractivity contribution in [3.63, 3.8) is 0 Å². The number of rotatable bonds is 6. The molecule has 0 amide bonds. The van der Waals surface area contributed by atoms with Crippen molar-refractivity contribution >= 4 is 17.3 Å². The Morgan fingerprint density at radius 1 is 1.45 bits per heavy atom. The van der Waals surface area contributed by atoms with Crippen molar-refractivity contribution in [3.8, 4) is 0 Å². The molecule has 0 radical (unpaired) electrons. The van der Waals surface area contributed by atoms with Crippen LogP contribution in [0, 0.1) is 5.92 Å². The molecule has 2 aromatic rings. The van der Waals surface area contributed by atoms with Crippen LogP contribution in [-0.2, 0) is 13.1 Å². The Hall–Kier alpha value is -1.89. The van der Waals surface area contributed by atoms with Gasteiger partial charge in [-0.05, 0) is 5.92 Å². The molecule has 2 rings (SSSR count). The minimum atomic E-state index is -0.272. The van der Waals surface area contributed by atoms with Crippen LogP contribution in [0.25, 0.3) is 0 Å². The van der Waals surface area contributed by atoms with Gasteiger partial charge in [-0.15, -0.1) is 5.10 Å². The molecule has 0 unspecified atom stereocenters. The molecule has 7 nitrogen and oxygen atoms in total. The predicted octanol–water partition coefficient (Wildman–Crippen LogP) is 1.26. The van der Waals surface area contributed by atoms with Crippen molar-refractivity contribution in [2.45, 2.75) is 26.9 Å². The Labute approximate surface area is 121 Å². The number of nitrogens with zero attached hydrogens (tertiary/aromatic N) is 5.